The molecule has 0 amide bonds. The number of alkyl halides is 3. The summed E-state index contributed by atoms with van der Waals surface area (Å²) >= 11 is 1.20. The molecule has 2 aromatic rings. The van der Waals surface area contributed by atoms with Gasteiger partial charge >= 0.3 is 6.18 Å². The summed E-state index contributed by atoms with van der Waals surface area (Å²) in [7, 11) is 1.59. The van der Waals surface area contributed by atoms with Gasteiger partial charge in [-0.15, -0.1) is 11.3 Å². The fraction of sp³-hybridized carbons (Fsp3) is 0.222. The van der Waals surface area contributed by atoms with Crippen LogP contribution in [0.4, 0.5) is 18.9 Å². The summed E-state index contributed by atoms with van der Waals surface area (Å²) in [5, 5.41) is 2.70. The molecular weight excluding hydrogens is 225 g/mol. The monoisotopic (exact) mass is 232 g/mol. The molecule has 15 heavy (non-hydrogen) atoms. The van der Waals surface area contributed by atoms with Crippen molar-refractivity contribution in [2.45, 2.75) is 6.18 Å². The minimum atomic E-state index is -4.36. The lowest BCUT2D eigenvalue weighted by Crippen LogP contribution is -2.06. The van der Waals surface area contributed by atoms with Crippen molar-refractivity contribution in [3.63, 3.8) is 0 Å². The van der Waals surface area contributed by atoms with E-state index in [9.17, 15) is 13.2 Å². The lowest BCUT2D eigenvalue weighted by Gasteiger charge is -2.09. The maximum Gasteiger partial charge on any atom is 0.418 e. The van der Waals surface area contributed by atoms with E-state index in [1.165, 1.54) is 16.8 Å². The van der Waals surface area contributed by atoms with Gasteiger partial charge in [-0.05, 0) is 12.1 Å². The minimum Gasteiger partial charge on any atom is -0.388 e. The van der Waals surface area contributed by atoms with Crippen molar-refractivity contribution in [2.75, 3.05) is 12.4 Å². The molecule has 2 nitrogen and oxygen atoms in total. The first-order valence-corrected chi connectivity index (χ1v) is 5.02. The summed E-state index contributed by atoms with van der Waals surface area (Å²) in [5.74, 6) is 0. The van der Waals surface area contributed by atoms with Crippen molar-refractivity contribution in [1.29, 1.82) is 0 Å². The summed E-state index contributed by atoms with van der Waals surface area (Å²) in [5.41, 5.74) is 1.19. The molecule has 1 aromatic heterocycles. The highest BCUT2D eigenvalue weighted by Gasteiger charge is 2.34. The molecule has 0 aliphatic rings. The van der Waals surface area contributed by atoms with Gasteiger partial charge in [0.05, 0.1) is 21.3 Å². The predicted molar refractivity (Wildman–Crippen MR) is 54.2 cm³/mol. The minimum absolute atomic E-state index is 0.0199. The van der Waals surface area contributed by atoms with Crippen LogP contribution in [0.25, 0.3) is 10.2 Å². The van der Waals surface area contributed by atoms with Crippen LogP contribution >= 0.6 is 11.3 Å². The lowest BCUT2D eigenvalue weighted by molar-refractivity contribution is -0.136. The molecule has 0 bridgehead atoms. The molecule has 0 fully saturated rings. The van der Waals surface area contributed by atoms with E-state index in [1.807, 2.05) is 0 Å². The highest BCUT2D eigenvalue weighted by Crippen LogP contribution is 2.37. The number of benzene rings is 1. The zero-order chi connectivity index (χ0) is 11.1. The van der Waals surface area contributed by atoms with Crippen LogP contribution in [-0.4, -0.2) is 12.0 Å². The quantitative estimate of drug-likeness (QED) is 0.815. The van der Waals surface area contributed by atoms with Gasteiger partial charge in [-0.2, -0.15) is 13.2 Å². The van der Waals surface area contributed by atoms with Crippen molar-refractivity contribution >= 4 is 27.2 Å². The number of thiazole rings is 1. The van der Waals surface area contributed by atoms with Crippen LogP contribution in [-0.2, 0) is 6.18 Å². The van der Waals surface area contributed by atoms with E-state index in [2.05, 4.69) is 10.3 Å². The molecule has 80 valence electrons. The number of nitrogens with one attached hydrogen (secondary N) is 1. The van der Waals surface area contributed by atoms with E-state index in [0.717, 1.165) is 6.07 Å². The summed E-state index contributed by atoms with van der Waals surface area (Å²) in [6.45, 7) is 0. The Morgan fingerprint density at radius 1 is 1.33 bits per heavy atom. The first-order chi connectivity index (χ1) is 7.02. The Morgan fingerprint density at radius 3 is 2.67 bits per heavy atom. The molecule has 0 radical (unpaired) electrons. The second-order valence-corrected chi connectivity index (χ2v) is 3.86. The van der Waals surface area contributed by atoms with Crippen LogP contribution < -0.4 is 5.32 Å². The van der Waals surface area contributed by atoms with E-state index in [-0.39, 0.29) is 5.52 Å². The number of nitrogens with zero attached hydrogens (tertiary/aromatic N) is 1. The van der Waals surface area contributed by atoms with Crippen LogP contribution in [0, 0.1) is 0 Å². The average molecular weight is 232 g/mol. The van der Waals surface area contributed by atoms with Gasteiger partial charge in [0.1, 0.15) is 0 Å². The van der Waals surface area contributed by atoms with Gasteiger partial charge in [-0.1, -0.05) is 0 Å². The summed E-state index contributed by atoms with van der Waals surface area (Å²) < 4.78 is 38.5. The van der Waals surface area contributed by atoms with Crippen molar-refractivity contribution in [3.8, 4) is 0 Å². The first kappa shape index (κ1) is 10.2. The number of anilines is 1. The van der Waals surface area contributed by atoms with Crippen molar-refractivity contribution < 1.29 is 13.2 Å². The molecule has 0 aliphatic carbocycles. The largest absolute Gasteiger partial charge is 0.418 e. The average Bonchev–Trinajstić information content (AvgIpc) is 2.61. The third kappa shape index (κ3) is 1.77. The zero-order valence-corrected chi connectivity index (χ0v) is 8.54. The van der Waals surface area contributed by atoms with Gasteiger partial charge in [0, 0.05) is 12.7 Å². The Bertz CT molecular complexity index is 490. The smallest absolute Gasteiger partial charge is 0.388 e. The van der Waals surface area contributed by atoms with Gasteiger partial charge < -0.3 is 5.32 Å². The second-order valence-electron chi connectivity index (χ2n) is 2.97. The fourth-order valence-electron chi connectivity index (χ4n) is 1.33. The Hall–Kier alpha value is -1.30. The third-order valence-electron chi connectivity index (χ3n) is 2.03. The number of halogens is 3. The number of hydrogen-bond acceptors (Lipinski definition) is 3. The zero-order valence-electron chi connectivity index (χ0n) is 7.72. The van der Waals surface area contributed by atoms with Gasteiger partial charge in [0.25, 0.3) is 0 Å². The molecule has 1 aromatic carbocycles. The van der Waals surface area contributed by atoms with Crippen LogP contribution in [0.3, 0.4) is 0 Å². The van der Waals surface area contributed by atoms with Gasteiger partial charge in [-0.3, -0.25) is 0 Å². The lowest BCUT2D eigenvalue weighted by atomic mass is 10.1. The molecular formula is C9H7F3N2S. The summed E-state index contributed by atoms with van der Waals surface area (Å²) in [4.78, 5) is 3.73. The van der Waals surface area contributed by atoms with Crippen molar-refractivity contribution in [2.24, 2.45) is 0 Å². The molecule has 0 atom stereocenters. The van der Waals surface area contributed by atoms with E-state index >= 15 is 0 Å². The van der Waals surface area contributed by atoms with Gasteiger partial charge in [0.2, 0.25) is 0 Å². The molecule has 0 saturated carbocycles. The molecule has 6 heteroatoms. The van der Waals surface area contributed by atoms with Crippen LogP contribution in [0.1, 0.15) is 5.56 Å². The first-order valence-electron chi connectivity index (χ1n) is 4.14. The fourth-order valence-corrected chi connectivity index (χ4v) is 2.07. The van der Waals surface area contributed by atoms with Crippen LogP contribution in [0.15, 0.2) is 17.6 Å². The van der Waals surface area contributed by atoms with E-state index in [0.29, 0.717) is 10.4 Å². The molecule has 0 aliphatic heterocycles. The van der Waals surface area contributed by atoms with Crippen molar-refractivity contribution in [1.82, 2.24) is 4.98 Å². The summed E-state index contributed by atoms with van der Waals surface area (Å²) in [6, 6.07) is 2.73. The number of fused-ring (bicyclic) bond motifs is 1. The van der Waals surface area contributed by atoms with Crippen LogP contribution in [0.2, 0.25) is 0 Å². The van der Waals surface area contributed by atoms with Crippen LogP contribution in [0.5, 0.6) is 0 Å². The van der Waals surface area contributed by atoms with Crippen molar-refractivity contribution in [3.05, 3.63) is 23.2 Å². The Morgan fingerprint density at radius 2 is 2.07 bits per heavy atom. The highest BCUT2D eigenvalue weighted by molar-refractivity contribution is 7.16. The maximum absolute atomic E-state index is 12.6. The van der Waals surface area contributed by atoms with Gasteiger partial charge in [-0.25, -0.2) is 4.98 Å². The number of rotatable bonds is 1. The molecule has 1 N–H and O–H groups in total. The number of aromatic nitrogens is 1. The Balaban J connectivity index is 2.74. The van der Waals surface area contributed by atoms with E-state index < -0.39 is 11.7 Å². The Labute approximate surface area is 87.7 Å². The van der Waals surface area contributed by atoms with E-state index in [4.69, 9.17) is 0 Å². The maximum atomic E-state index is 12.6. The second kappa shape index (κ2) is 3.37. The molecule has 0 saturated heterocycles. The highest BCUT2D eigenvalue weighted by atomic mass is 32.1. The predicted octanol–water partition coefficient (Wildman–Crippen LogP) is 3.36. The molecule has 0 spiro atoms. The topological polar surface area (TPSA) is 24.9 Å². The standard InChI is InChI=1S/C9H7F3N2S/c1-13-5-2-6(9(10,11)12)8-7(3-5)15-4-14-8/h2-4,13H,1H3. The Kier molecular flexibility index (Phi) is 2.30. The SMILES string of the molecule is CNc1cc(C(F)(F)F)c2ncsc2c1. The number of hydrogen-bond donors (Lipinski definition) is 1. The molecule has 2 rings (SSSR count). The van der Waals surface area contributed by atoms with E-state index in [1.54, 1.807) is 13.1 Å². The third-order valence-corrected chi connectivity index (χ3v) is 2.81. The molecule has 1 heterocycles. The summed E-state index contributed by atoms with van der Waals surface area (Å²) in [6.07, 6.45) is -4.36. The molecule has 0 unspecified atom stereocenters. The van der Waals surface area contributed by atoms with Gasteiger partial charge in [0.15, 0.2) is 0 Å². The normalized spacial score (nSPS) is 12.0.